The van der Waals surface area contributed by atoms with Crippen molar-refractivity contribution in [2.45, 2.75) is 77.5 Å². The van der Waals surface area contributed by atoms with Crippen molar-refractivity contribution in [1.29, 1.82) is 0 Å². The Bertz CT molecular complexity index is 118. The molecule has 0 aromatic rings. The molecule has 0 saturated heterocycles. The van der Waals surface area contributed by atoms with Gasteiger partial charge in [-0.1, -0.05) is 71.1 Å². The molecule has 0 bridgehead atoms. The van der Waals surface area contributed by atoms with Gasteiger partial charge in [0.1, 0.15) is 0 Å². The van der Waals surface area contributed by atoms with Gasteiger partial charge in [0.2, 0.25) is 0 Å². The fraction of sp³-hybridized carbons (Fsp3) is 1.00. The number of hydrogen-bond donors (Lipinski definition) is 2. The van der Waals surface area contributed by atoms with Crippen LogP contribution in [-0.2, 0) is 0 Å². The van der Waals surface area contributed by atoms with E-state index in [0.717, 1.165) is 12.8 Å². The highest BCUT2D eigenvalue weighted by molar-refractivity contribution is 6.40. The Morgan fingerprint density at radius 2 is 1.07 bits per heavy atom. The average Bonchev–Trinajstić information content (AvgIpc) is 2.20. The SMILES string of the molecule is CCCCCCCCCCCCB(O)O. The average molecular weight is 214 g/mol. The van der Waals surface area contributed by atoms with Gasteiger partial charge in [-0.3, -0.25) is 0 Å². The van der Waals surface area contributed by atoms with Crippen molar-refractivity contribution in [3.63, 3.8) is 0 Å². The van der Waals surface area contributed by atoms with Crippen molar-refractivity contribution >= 4 is 7.12 Å². The molecule has 0 amide bonds. The van der Waals surface area contributed by atoms with Gasteiger partial charge in [-0.15, -0.1) is 0 Å². The molecular formula is C12H27BO2. The van der Waals surface area contributed by atoms with Crippen LogP contribution in [0, 0.1) is 0 Å². The van der Waals surface area contributed by atoms with Gasteiger partial charge in [-0.25, -0.2) is 0 Å². The number of unbranched alkanes of at least 4 members (excludes halogenated alkanes) is 9. The van der Waals surface area contributed by atoms with Gasteiger partial charge < -0.3 is 10.0 Å². The minimum atomic E-state index is -1.10. The lowest BCUT2D eigenvalue weighted by atomic mass is 9.83. The summed E-state index contributed by atoms with van der Waals surface area (Å²) in [7, 11) is -1.10. The van der Waals surface area contributed by atoms with Crippen LogP contribution < -0.4 is 0 Å². The highest BCUT2D eigenvalue weighted by Gasteiger charge is 2.04. The molecule has 0 spiro atoms. The highest BCUT2D eigenvalue weighted by Crippen LogP contribution is 2.11. The van der Waals surface area contributed by atoms with Crippen LogP contribution in [0.3, 0.4) is 0 Å². The van der Waals surface area contributed by atoms with Crippen LogP contribution in [0.4, 0.5) is 0 Å². The first-order valence-electron chi connectivity index (χ1n) is 6.63. The second-order valence-corrected chi connectivity index (χ2v) is 4.45. The molecule has 15 heavy (non-hydrogen) atoms. The van der Waals surface area contributed by atoms with E-state index in [1.54, 1.807) is 0 Å². The third-order valence-corrected chi connectivity index (χ3v) is 2.82. The minimum absolute atomic E-state index is 0.538. The summed E-state index contributed by atoms with van der Waals surface area (Å²) in [4.78, 5) is 0. The van der Waals surface area contributed by atoms with E-state index in [9.17, 15) is 0 Å². The topological polar surface area (TPSA) is 40.5 Å². The maximum absolute atomic E-state index is 8.63. The molecule has 2 nitrogen and oxygen atoms in total. The fourth-order valence-corrected chi connectivity index (χ4v) is 1.81. The molecule has 0 radical (unpaired) electrons. The van der Waals surface area contributed by atoms with Gasteiger partial charge in [0.05, 0.1) is 0 Å². The molecule has 0 aromatic carbocycles. The van der Waals surface area contributed by atoms with Crippen LogP contribution in [0.5, 0.6) is 0 Å². The summed E-state index contributed by atoms with van der Waals surface area (Å²) in [6.07, 6.45) is 13.4. The highest BCUT2D eigenvalue weighted by atomic mass is 16.4. The van der Waals surface area contributed by atoms with Gasteiger partial charge in [0, 0.05) is 0 Å². The van der Waals surface area contributed by atoms with Crippen LogP contribution in [0.25, 0.3) is 0 Å². The van der Waals surface area contributed by atoms with Crippen LogP contribution >= 0.6 is 0 Å². The van der Waals surface area contributed by atoms with E-state index in [-0.39, 0.29) is 0 Å². The van der Waals surface area contributed by atoms with Gasteiger partial charge in [-0.2, -0.15) is 0 Å². The first kappa shape index (κ1) is 15.0. The zero-order valence-corrected chi connectivity index (χ0v) is 10.2. The normalized spacial score (nSPS) is 10.6. The molecule has 0 saturated carbocycles. The minimum Gasteiger partial charge on any atom is -0.427 e. The lowest BCUT2D eigenvalue weighted by Gasteiger charge is -2.01. The predicted octanol–water partition coefficient (Wildman–Crippen LogP) is 3.38. The Balaban J connectivity index is 2.87. The molecule has 0 aliphatic rings. The van der Waals surface area contributed by atoms with Gasteiger partial charge >= 0.3 is 7.12 Å². The van der Waals surface area contributed by atoms with Gasteiger partial charge in [0.25, 0.3) is 0 Å². The molecule has 0 heterocycles. The molecule has 2 N–H and O–H groups in total. The van der Waals surface area contributed by atoms with Crippen LogP contribution in [0.1, 0.15) is 71.1 Å². The number of hydrogen-bond acceptors (Lipinski definition) is 2. The quantitative estimate of drug-likeness (QED) is 0.409. The number of rotatable bonds is 11. The third-order valence-electron chi connectivity index (χ3n) is 2.82. The lowest BCUT2D eigenvalue weighted by molar-refractivity contribution is 0.401. The molecule has 0 rings (SSSR count). The summed E-state index contributed by atoms with van der Waals surface area (Å²) in [5.74, 6) is 0. The Morgan fingerprint density at radius 1 is 0.667 bits per heavy atom. The largest absolute Gasteiger partial charge is 0.451 e. The summed E-state index contributed by atoms with van der Waals surface area (Å²) < 4.78 is 0. The van der Waals surface area contributed by atoms with E-state index in [1.165, 1.54) is 51.4 Å². The summed E-state index contributed by atoms with van der Waals surface area (Å²) >= 11 is 0. The summed E-state index contributed by atoms with van der Waals surface area (Å²) in [6, 6.07) is 0. The molecular weight excluding hydrogens is 187 g/mol. The maximum Gasteiger partial charge on any atom is 0.451 e. The van der Waals surface area contributed by atoms with E-state index < -0.39 is 7.12 Å². The molecule has 0 aromatic heterocycles. The summed E-state index contributed by atoms with van der Waals surface area (Å²) in [5.41, 5.74) is 0. The Labute approximate surface area is 95.2 Å². The van der Waals surface area contributed by atoms with Crippen LogP contribution in [0.2, 0.25) is 6.32 Å². The van der Waals surface area contributed by atoms with Crippen molar-refractivity contribution in [3.05, 3.63) is 0 Å². The molecule has 3 heteroatoms. The van der Waals surface area contributed by atoms with Gasteiger partial charge in [0.15, 0.2) is 0 Å². The van der Waals surface area contributed by atoms with Crippen molar-refractivity contribution in [2.75, 3.05) is 0 Å². The second-order valence-electron chi connectivity index (χ2n) is 4.45. The smallest absolute Gasteiger partial charge is 0.427 e. The molecule has 0 atom stereocenters. The predicted molar refractivity (Wildman–Crippen MR) is 66.8 cm³/mol. The molecule has 0 aliphatic heterocycles. The Hall–Kier alpha value is -0.0151. The van der Waals surface area contributed by atoms with Crippen molar-refractivity contribution in [2.24, 2.45) is 0 Å². The van der Waals surface area contributed by atoms with E-state index in [2.05, 4.69) is 6.92 Å². The standard InChI is InChI=1S/C12H27BO2/c1-2-3-4-5-6-7-8-9-10-11-12-13(14)15/h14-15H,2-12H2,1H3. The maximum atomic E-state index is 8.63. The molecule has 0 aliphatic carbocycles. The zero-order valence-electron chi connectivity index (χ0n) is 10.2. The third kappa shape index (κ3) is 14.0. The second kappa shape index (κ2) is 12.1. The van der Waals surface area contributed by atoms with E-state index >= 15 is 0 Å². The first-order valence-corrected chi connectivity index (χ1v) is 6.63. The Kier molecular flexibility index (Phi) is 12.0. The van der Waals surface area contributed by atoms with Crippen molar-refractivity contribution in [3.8, 4) is 0 Å². The molecule has 0 fully saturated rings. The van der Waals surface area contributed by atoms with E-state index in [4.69, 9.17) is 10.0 Å². The van der Waals surface area contributed by atoms with E-state index in [0.29, 0.717) is 6.32 Å². The van der Waals surface area contributed by atoms with Crippen molar-refractivity contribution in [1.82, 2.24) is 0 Å². The molecule has 90 valence electrons. The summed E-state index contributed by atoms with van der Waals surface area (Å²) in [5, 5.41) is 17.3. The summed E-state index contributed by atoms with van der Waals surface area (Å²) in [6.45, 7) is 2.25. The zero-order chi connectivity index (χ0) is 11.4. The van der Waals surface area contributed by atoms with Crippen LogP contribution in [-0.4, -0.2) is 17.2 Å². The van der Waals surface area contributed by atoms with E-state index in [1.807, 2.05) is 0 Å². The fourth-order valence-electron chi connectivity index (χ4n) is 1.81. The first-order chi connectivity index (χ1) is 7.27. The van der Waals surface area contributed by atoms with Crippen LogP contribution in [0.15, 0.2) is 0 Å². The lowest BCUT2D eigenvalue weighted by Crippen LogP contribution is -2.09. The monoisotopic (exact) mass is 214 g/mol. The molecule has 0 unspecified atom stereocenters. The van der Waals surface area contributed by atoms with Gasteiger partial charge in [-0.05, 0) is 6.32 Å². The van der Waals surface area contributed by atoms with Crippen molar-refractivity contribution < 1.29 is 10.0 Å². The Morgan fingerprint density at radius 3 is 1.47 bits per heavy atom.